The molecule has 306 valence electrons. The lowest BCUT2D eigenvalue weighted by Gasteiger charge is -2.27. The lowest BCUT2D eigenvalue weighted by atomic mass is 10.2. The van der Waals surface area contributed by atoms with Gasteiger partial charge in [-0.05, 0) is 38.5 Å². The smallest absolute Gasteiger partial charge is 0.284 e. The van der Waals surface area contributed by atoms with E-state index in [1.165, 1.54) is 23.3 Å². The highest BCUT2D eigenvalue weighted by molar-refractivity contribution is 5.41. The number of ether oxygens (including phenoxy) is 1. The number of unbranched alkanes of at least 4 members (excludes halogenated alkanes) is 18. The minimum atomic E-state index is 0.175. The third kappa shape index (κ3) is 25.2. The molecule has 0 aliphatic rings. The van der Waals surface area contributed by atoms with Crippen LogP contribution in [0.5, 0.6) is 0 Å². The zero-order chi connectivity index (χ0) is 37.7. The molecule has 0 bridgehead atoms. The van der Waals surface area contributed by atoms with E-state index in [1.807, 2.05) is 0 Å². The summed E-state index contributed by atoms with van der Waals surface area (Å²) in [5.41, 5.74) is 0. The van der Waals surface area contributed by atoms with E-state index in [0.717, 1.165) is 141 Å². The molecular formula is C40H80N6O6. The van der Waals surface area contributed by atoms with Crippen molar-refractivity contribution >= 4 is 17.8 Å². The van der Waals surface area contributed by atoms with Gasteiger partial charge in [0, 0.05) is 6.61 Å². The second-order valence-corrected chi connectivity index (χ2v) is 13.7. The number of aromatic nitrogens is 3. The predicted molar refractivity (Wildman–Crippen MR) is 213 cm³/mol. The normalized spacial score (nSPS) is 11.4. The molecule has 1 heterocycles. The van der Waals surface area contributed by atoms with E-state index in [2.05, 4.69) is 41.5 Å². The lowest BCUT2D eigenvalue weighted by Crippen LogP contribution is -2.34. The maximum Gasteiger partial charge on any atom is 0.284 e. The van der Waals surface area contributed by atoms with Crippen molar-refractivity contribution in [3.05, 3.63) is 0 Å². The lowest BCUT2D eigenvalue weighted by molar-refractivity contribution is -0.0993. The van der Waals surface area contributed by atoms with Crippen LogP contribution in [0.3, 0.4) is 0 Å². The van der Waals surface area contributed by atoms with E-state index in [4.69, 9.17) is 43.9 Å². The molecule has 0 saturated carbocycles. The van der Waals surface area contributed by atoms with Crippen molar-refractivity contribution in [2.24, 2.45) is 0 Å². The van der Waals surface area contributed by atoms with E-state index in [0.29, 0.717) is 39.6 Å². The van der Waals surface area contributed by atoms with Gasteiger partial charge in [0.25, 0.3) is 17.8 Å². The summed E-state index contributed by atoms with van der Waals surface area (Å²) in [5, 5.41) is 4.35. The Morgan fingerprint density at radius 2 is 0.615 bits per heavy atom. The highest BCUT2D eigenvalue weighted by Crippen LogP contribution is 2.23. The van der Waals surface area contributed by atoms with Gasteiger partial charge in [-0.3, -0.25) is 4.84 Å². The van der Waals surface area contributed by atoms with Crippen LogP contribution in [0.25, 0.3) is 0 Å². The molecule has 0 fully saturated rings. The second kappa shape index (κ2) is 36.2. The third-order valence-corrected chi connectivity index (χ3v) is 8.57. The van der Waals surface area contributed by atoms with E-state index in [-0.39, 0.29) is 24.6 Å². The van der Waals surface area contributed by atoms with Crippen LogP contribution in [0.1, 0.15) is 196 Å². The van der Waals surface area contributed by atoms with Crippen molar-refractivity contribution in [2.75, 3.05) is 61.9 Å². The quantitative estimate of drug-likeness (QED) is 0.0363. The number of nitrogens with zero attached hydrogens (tertiary/aromatic N) is 6. The Balaban J connectivity index is 3.51. The Bertz CT molecular complexity index is 826. The van der Waals surface area contributed by atoms with E-state index >= 15 is 0 Å². The fourth-order valence-electron chi connectivity index (χ4n) is 5.26. The van der Waals surface area contributed by atoms with Crippen LogP contribution in [0.4, 0.5) is 17.8 Å². The van der Waals surface area contributed by atoms with Gasteiger partial charge in [-0.15, -0.1) is 0 Å². The molecular weight excluding hydrogens is 660 g/mol. The third-order valence-electron chi connectivity index (χ3n) is 8.57. The van der Waals surface area contributed by atoms with Gasteiger partial charge >= 0.3 is 0 Å². The minimum Gasteiger partial charge on any atom is -0.359 e. The van der Waals surface area contributed by atoms with Gasteiger partial charge in [0.1, 0.15) is 6.73 Å². The topological polar surface area (TPSA) is 104 Å². The molecule has 1 rings (SSSR count). The first kappa shape index (κ1) is 48.2. The zero-order valence-electron chi connectivity index (χ0n) is 34.6. The van der Waals surface area contributed by atoms with Crippen molar-refractivity contribution in [2.45, 2.75) is 196 Å². The predicted octanol–water partition coefficient (Wildman–Crippen LogP) is 11.4. The van der Waals surface area contributed by atoms with Crippen LogP contribution in [0.15, 0.2) is 0 Å². The molecule has 0 aliphatic heterocycles. The molecule has 0 aliphatic carbocycles. The number of anilines is 3. The first-order chi connectivity index (χ1) is 25.6. The molecule has 0 spiro atoms. The summed E-state index contributed by atoms with van der Waals surface area (Å²) in [6.07, 6.45) is 26.0. The minimum absolute atomic E-state index is 0.175. The molecule has 0 aromatic carbocycles. The Morgan fingerprint density at radius 3 is 0.942 bits per heavy atom. The van der Waals surface area contributed by atoms with E-state index in [9.17, 15) is 0 Å². The molecule has 0 amide bonds. The summed E-state index contributed by atoms with van der Waals surface area (Å²) >= 11 is 0. The van der Waals surface area contributed by atoms with Crippen LogP contribution in [-0.2, 0) is 28.9 Å². The summed E-state index contributed by atoms with van der Waals surface area (Å²) in [5.74, 6) is 0.706. The number of hydrogen-bond acceptors (Lipinski definition) is 12. The van der Waals surface area contributed by atoms with Crippen LogP contribution >= 0.6 is 0 Å². The van der Waals surface area contributed by atoms with Crippen LogP contribution in [-0.4, -0.2) is 61.3 Å². The summed E-state index contributed by atoms with van der Waals surface area (Å²) in [4.78, 5) is 45.8. The summed E-state index contributed by atoms with van der Waals surface area (Å²) < 4.78 is 6.13. The fourth-order valence-corrected chi connectivity index (χ4v) is 5.26. The number of hydroxylamine groups is 1. The van der Waals surface area contributed by atoms with Gasteiger partial charge in [-0.1, -0.05) is 168 Å². The standard InChI is InChI=1S/C40H80N6O6/c1-7-13-19-25-31-47-37-44(48-32-26-20-14-8-2)38-41-39(45(49-33-27-21-15-9-3)50-34-28-22-16-10-4)43-40(42-38)46(51-35-29-23-17-11-5)52-36-30-24-18-12-6/h7-37H2,1-6H3. The Kier molecular flexibility index (Phi) is 33.5. The molecule has 12 heteroatoms. The van der Waals surface area contributed by atoms with Crippen molar-refractivity contribution in [3.63, 3.8) is 0 Å². The van der Waals surface area contributed by atoms with Gasteiger partial charge in [-0.25, -0.2) is 19.4 Å². The zero-order valence-corrected chi connectivity index (χ0v) is 34.6. The summed E-state index contributed by atoms with van der Waals surface area (Å²) in [6, 6.07) is 0. The highest BCUT2D eigenvalue weighted by atomic mass is 17.0. The SMILES string of the molecule is CCCCCCOCN(OCCCCCC)c1nc(N(OCCCCCC)OCCCCCC)nc(N(OCCCCCC)OCCCCCC)n1. The Hall–Kier alpha value is -1.83. The van der Waals surface area contributed by atoms with Crippen LogP contribution in [0, 0.1) is 0 Å². The molecule has 0 atom stereocenters. The van der Waals surface area contributed by atoms with Gasteiger partial charge in [0.2, 0.25) is 0 Å². The Morgan fingerprint density at radius 1 is 0.327 bits per heavy atom. The molecule has 0 radical (unpaired) electrons. The van der Waals surface area contributed by atoms with E-state index in [1.54, 1.807) is 5.06 Å². The van der Waals surface area contributed by atoms with Gasteiger partial charge in [0.15, 0.2) is 0 Å². The second-order valence-electron chi connectivity index (χ2n) is 13.7. The molecule has 1 aromatic rings. The largest absolute Gasteiger partial charge is 0.359 e. The molecule has 52 heavy (non-hydrogen) atoms. The van der Waals surface area contributed by atoms with Crippen LogP contribution in [0.2, 0.25) is 0 Å². The molecule has 0 N–H and O–H groups in total. The maximum atomic E-state index is 6.33. The molecule has 1 aromatic heterocycles. The Labute approximate surface area is 318 Å². The van der Waals surface area contributed by atoms with Crippen molar-refractivity contribution < 1.29 is 28.9 Å². The number of hydrogen-bond donors (Lipinski definition) is 0. The van der Waals surface area contributed by atoms with Crippen LogP contribution < -0.4 is 15.5 Å². The van der Waals surface area contributed by atoms with Gasteiger partial charge < -0.3 is 4.74 Å². The average Bonchev–Trinajstić information content (AvgIpc) is 3.16. The van der Waals surface area contributed by atoms with Gasteiger partial charge in [-0.2, -0.15) is 20.0 Å². The summed E-state index contributed by atoms with van der Waals surface area (Å²) in [6.45, 7) is 16.5. The van der Waals surface area contributed by atoms with Crippen molar-refractivity contribution in [1.29, 1.82) is 0 Å². The average molecular weight is 741 g/mol. The first-order valence-corrected chi connectivity index (χ1v) is 21.5. The molecule has 0 saturated heterocycles. The molecule has 12 nitrogen and oxygen atoms in total. The van der Waals surface area contributed by atoms with Crippen molar-refractivity contribution in [3.8, 4) is 0 Å². The van der Waals surface area contributed by atoms with Crippen molar-refractivity contribution in [1.82, 2.24) is 15.0 Å². The summed E-state index contributed by atoms with van der Waals surface area (Å²) in [7, 11) is 0. The van der Waals surface area contributed by atoms with Gasteiger partial charge in [0.05, 0.1) is 33.0 Å². The first-order valence-electron chi connectivity index (χ1n) is 21.5. The highest BCUT2D eigenvalue weighted by Gasteiger charge is 2.24. The maximum absolute atomic E-state index is 6.33. The van der Waals surface area contributed by atoms with E-state index < -0.39 is 0 Å². The monoisotopic (exact) mass is 741 g/mol. The fraction of sp³-hybridized carbons (Fsp3) is 0.925. The number of rotatable bonds is 40. The molecule has 0 unspecified atom stereocenters.